The normalized spacial score (nSPS) is 23.6. The Labute approximate surface area is 169 Å². The first-order chi connectivity index (χ1) is 13.3. The van der Waals surface area contributed by atoms with Gasteiger partial charge in [-0.3, -0.25) is 4.79 Å². The maximum absolute atomic E-state index is 12.4. The molecule has 1 aromatic heterocycles. The number of nitrogens with zero attached hydrogens (tertiary/aromatic N) is 3. The Hall–Kier alpha value is -1.87. The minimum Gasteiger partial charge on any atom is -0.349 e. The lowest BCUT2D eigenvalue weighted by atomic mass is 10.0. The zero-order valence-corrected chi connectivity index (χ0v) is 17.4. The van der Waals surface area contributed by atoms with Crippen molar-refractivity contribution in [3.8, 4) is 0 Å². The van der Waals surface area contributed by atoms with Crippen LogP contribution in [0, 0.1) is 0 Å². The van der Waals surface area contributed by atoms with E-state index in [1.54, 1.807) is 6.92 Å². The van der Waals surface area contributed by atoms with Crippen molar-refractivity contribution in [1.29, 1.82) is 0 Å². The summed E-state index contributed by atoms with van der Waals surface area (Å²) in [6, 6.07) is 10.1. The van der Waals surface area contributed by atoms with Crippen LogP contribution in [0.3, 0.4) is 0 Å². The van der Waals surface area contributed by atoms with Gasteiger partial charge in [0, 0.05) is 5.92 Å². The molecule has 1 aliphatic heterocycles. The number of hydrogen-bond acceptors (Lipinski definition) is 6. The van der Waals surface area contributed by atoms with Crippen molar-refractivity contribution >= 4 is 27.5 Å². The van der Waals surface area contributed by atoms with Crippen LogP contribution in [0.25, 0.3) is 0 Å². The molecule has 1 aliphatic carbocycles. The molecule has 0 spiro atoms. The molecule has 2 aromatic rings. The summed E-state index contributed by atoms with van der Waals surface area (Å²) in [4.78, 5) is 12.4. The van der Waals surface area contributed by atoms with E-state index in [2.05, 4.69) is 32.2 Å². The van der Waals surface area contributed by atoms with E-state index < -0.39 is 15.4 Å². The second-order valence-corrected chi connectivity index (χ2v) is 11.1. The van der Waals surface area contributed by atoms with Gasteiger partial charge < -0.3 is 9.88 Å². The van der Waals surface area contributed by atoms with E-state index in [-0.39, 0.29) is 23.2 Å². The predicted molar refractivity (Wildman–Crippen MR) is 108 cm³/mol. The summed E-state index contributed by atoms with van der Waals surface area (Å²) in [6.45, 7) is 2.48. The fourth-order valence-electron chi connectivity index (χ4n) is 3.58. The highest BCUT2D eigenvalue weighted by Gasteiger charge is 2.39. The molecule has 2 aliphatic rings. The van der Waals surface area contributed by atoms with Gasteiger partial charge in [-0.25, -0.2) is 8.42 Å². The standard InChI is InChI=1S/C19H24N4O3S2/c1-19(9-10-28(25,26)13-19)20-16(24)12-27-18-22-21-17(15-7-8-15)23(18)11-14-5-3-2-4-6-14/h2-6,15H,7-13H2,1H3,(H,20,24)/t19-/m1/s1. The van der Waals surface area contributed by atoms with Crippen LogP contribution in [0.5, 0.6) is 0 Å². The zero-order chi connectivity index (χ0) is 19.8. The number of nitrogens with one attached hydrogen (secondary N) is 1. The van der Waals surface area contributed by atoms with Crippen LogP contribution in [-0.2, 0) is 21.2 Å². The van der Waals surface area contributed by atoms with Crippen LogP contribution in [0.2, 0.25) is 0 Å². The van der Waals surface area contributed by atoms with Crippen molar-refractivity contribution in [2.75, 3.05) is 17.3 Å². The largest absolute Gasteiger partial charge is 0.349 e. The smallest absolute Gasteiger partial charge is 0.230 e. The highest BCUT2D eigenvalue weighted by molar-refractivity contribution is 7.99. The number of sulfone groups is 1. The average Bonchev–Trinajstić information content (AvgIpc) is 3.35. The van der Waals surface area contributed by atoms with Crippen molar-refractivity contribution < 1.29 is 13.2 Å². The van der Waals surface area contributed by atoms with Crippen LogP contribution in [0.4, 0.5) is 0 Å². The third-order valence-electron chi connectivity index (χ3n) is 5.15. The highest BCUT2D eigenvalue weighted by atomic mass is 32.2. The van der Waals surface area contributed by atoms with Gasteiger partial charge >= 0.3 is 0 Å². The van der Waals surface area contributed by atoms with Crippen LogP contribution in [0.1, 0.15) is 43.5 Å². The molecule has 1 saturated heterocycles. The molecule has 2 heterocycles. The zero-order valence-electron chi connectivity index (χ0n) is 15.8. The second kappa shape index (κ2) is 7.51. The van der Waals surface area contributed by atoms with Crippen LogP contribution in [0.15, 0.2) is 35.5 Å². The third kappa shape index (κ3) is 4.57. The van der Waals surface area contributed by atoms with E-state index in [1.165, 1.54) is 17.3 Å². The molecule has 0 radical (unpaired) electrons. The van der Waals surface area contributed by atoms with Gasteiger partial charge in [-0.2, -0.15) is 0 Å². The lowest BCUT2D eigenvalue weighted by Gasteiger charge is -2.23. The molecule has 4 rings (SSSR count). The van der Waals surface area contributed by atoms with Crippen molar-refractivity contribution in [3.05, 3.63) is 41.7 Å². The van der Waals surface area contributed by atoms with E-state index in [9.17, 15) is 13.2 Å². The van der Waals surface area contributed by atoms with Gasteiger partial charge in [0.25, 0.3) is 0 Å². The number of carbonyl (C=O) groups is 1. The number of amides is 1. The number of benzene rings is 1. The molecule has 2 fully saturated rings. The maximum atomic E-state index is 12.4. The molecular weight excluding hydrogens is 396 g/mol. The Morgan fingerprint density at radius 1 is 1.29 bits per heavy atom. The van der Waals surface area contributed by atoms with E-state index in [4.69, 9.17) is 0 Å². The van der Waals surface area contributed by atoms with E-state index in [0.29, 0.717) is 18.9 Å². The Bertz CT molecular complexity index is 970. The molecule has 1 aromatic carbocycles. The van der Waals surface area contributed by atoms with Crippen LogP contribution < -0.4 is 5.32 Å². The Morgan fingerprint density at radius 2 is 2.04 bits per heavy atom. The van der Waals surface area contributed by atoms with Crippen molar-refractivity contribution in [2.24, 2.45) is 0 Å². The van der Waals surface area contributed by atoms with Crippen LogP contribution in [-0.4, -0.2) is 51.9 Å². The molecule has 1 N–H and O–H groups in total. The number of aromatic nitrogens is 3. The predicted octanol–water partition coefficient (Wildman–Crippen LogP) is 1.99. The highest BCUT2D eigenvalue weighted by Crippen LogP contribution is 2.40. The number of hydrogen-bond donors (Lipinski definition) is 1. The summed E-state index contributed by atoms with van der Waals surface area (Å²) in [7, 11) is -3.06. The lowest BCUT2D eigenvalue weighted by Crippen LogP contribution is -2.47. The van der Waals surface area contributed by atoms with Crippen molar-refractivity contribution in [3.63, 3.8) is 0 Å². The van der Waals surface area contributed by atoms with Gasteiger partial charge in [-0.15, -0.1) is 10.2 Å². The third-order valence-corrected chi connectivity index (χ3v) is 8.02. The monoisotopic (exact) mass is 420 g/mol. The SMILES string of the molecule is C[C@@]1(NC(=O)CSc2nnc(C3CC3)n2Cc2ccccc2)CCS(=O)(=O)C1. The molecule has 1 amide bonds. The summed E-state index contributed by atoms with van der Waals surface area (Å²) in [5.74, 6) is 1.60. The molecule has 7 nitrogen and oxygen atoms in total. The topological polar surface area (TPSA) is 93.9 Å². The fourth-order valence-corrected chi connectivity index (χ4v) is 6.41. The first-order valence-electron chi connectivity index (χ1n) is 9.45. The van der Waals surface area contributed by atoms with Crippen molar-refractivity contribution in [2.45, 2.75) is 49.3 Å². The van der Waals surface area contributed by atoms with Crippen molar-refractivity contribution in [1.82, 2.24) is 20.1 Å². The summed E-state index contributed by atoms with van der Waals surface area (Å²) in [6.07, 6.45) is 2.72. The fraction of sp³-hybridized carbons (Fsp3) is 0.526. The summed E-state index contributed by atoms with van der Waals surface area (Å²) in [5, 5.41) is 12.3. The minimum absolute atomic E-state index is 0.00637. The molecule has 9 heteroatoms. The van der Waals surface area contributed by atoms with E-state index in [1.807, 2.05) is 18.2 Å². The number of thioether (sulfide) groups is 1. The Kier molecular flexibility index (Phi) is 5.22. The average molecular weight is 421 g/mol. The number of carbonyl (C=O) groups excluding carboxylic acids is 1. The van der Waals surface area contributed by atoms with E-state index >= 15 is 0 Å². The Balaban J connectivity index is 1.42. The molecule has 1 atom stereocenters. The molecule has 28 heavy (non-hydrogen) atoms. The van der Waals surface area contributed by atoms with Gasteiger partial charge in [-0.1, -0.05) is 42.1 Å². The maximum Gasteiger partial charge on any atom is 0.230 e. The Morgan fingerprint density at radius 3 is 2.68 bits per heavy atom. The quantitative estimate of drug-likeness (QED) is 0.689. The summed E-state index contributed by atoms with van der Waals surface area (Å²) in [5.41, 5.74) is 0.493. The summed E-state index contributed by atoms with van der Waals surface area (Å²) >= 11 is 1.35. The van der Waals surface area contributed by atoms with Gasteiger partial charge in [0.2, 0.25) is 5.91 Å². The molecule has 0 bridgehead atoms. The van der Waals surface area contributed by atoms with E-state index in [0.717, 1.165) is 23.8 Å². The number of rotatable bonds is 7. The van der Waals surface area contributed by atoms with Gasteiger partial charge in [0.05, 0.1) is 29.3 Å². The summed E-state index contributed by atoms with van der Waals surface area (Å²) < 4.78 is 25.5. The van der Waals surface area contributed by atoms with Crippen LogP contribution >= 0.6 is 11.8 Å². The second-order valence-electron chi connectivity index (χ2n) is 7.93. The molecule has 0 unspecified atom stereocenters. The molecule has 1 saturated carbocycles. The lowest BCUT2D eigenvalue weighted by molar-refractivity contribution is -0.120. The van der Waals surface area contributed by atoms with Gasteiger partial charge in [0.15, 0.2) is 15.0 Å². The van der Waals surface area contributed by atoms with Gasteiger partial charge in [0.1, 0.15) is 5.82 Å². The first-order valence-corrected chi connectivity index (χ1v) is 12.3. The minimum atomic E-state index is -3.06. The molecule has 150 valence electrons. The molecular formula is C19H24N4O3S2. The van der Waals surface area contributed by atoms with Gasteiger partial charge in [-0.05, 0) is 31.7 Å². The first kappa shape index (κ1) is 19.4.